The number of nitro benzene ring substituents is 1. The Kier molecular flexibility index (Phi) is 3.65. The third-order valence-corrected chi connectivity index (χ3v) is 2.60. The normalized spacial score (nSPS) is 10.1. The van der Waals surface area contributed by atoms with E-state index in [1.54, 1.807) is 20.0 Å². The van der Waals surface area contributed by atoms with Crippen LogP contribution in [0.2, 0.25) is 0 Å². The number of hydrogen-bond donors (Lipinski definition) is 2. The molecule has 0 saturated heterocycles. The lowest BCUT2D eigenvalue weighted by molar-refractivity contribution is -0.384. The van der Waals surface area contributed by atoms with Crippen molar-refractivity contribution >= 4 is 23.1 Å². The molecule has 1 heterocycles. The van der Waals surface area contributed by atoms with Gasteiger partial charge in [-0.3, -0.25) is 14.9 Å². The van der Waals surface area contributed by atoms with E-state index in [9.17, 15) is 14.9 Å². The summed E-state index contributed by atoms with van der Waals surface area (Å²) in [7, 11) is 1.57. The average Bonchev–Trinajstić information content (AvgIpc) is 2.83. The number of anilines is 2. The van der Waals surface area contributed by atoms with Crippen molar-refractivity contribution < 1.29 is 14.2 Å². The third-order valence-electron chi connectivity index (χ3n) is 2.60. The van der Waals surface area contributed by atoms with Gasteiger partial charge in [0.1, 0.15) is 11.4 Å². The van der Waals surface area contributed by atoms with Gasteiger partial charge >= 0.3 is 0 Å². The number of carbonyl (C=O) groups excluding carboxylic acids is 1. The van der Waals surface area contributed by atoms with Crippen molar-refractivity contribution in [2.24, 2.45) is 0 Å². The molecule has 0 fully saturated rings. The van der Waals surface area contributed by atoms with Gasteiger partial charge < -0.3 is 15.2 Å². The molecule has 0 atom stereocenters. The molecule has 0 aliphatic heterocycles. The van der Waals surface area contributed by atoms with E-state index in [1.807, 2.05) is 0 Å². The number of aryl methyl sites for hydroxylation is 1. The topological polar surface area (TPSA) is 110 Å². The molecule has 0 aliphatic rings. The second-order valence-corrected chi connectivity index (χ2v) is 4.02. The van der Waals surface area contributed by atoms with Gasteiger partial charge in [0.25, 0.3) is 11.6 Å². The first-order valence-electron chi connectivity index (χ1n) is 5.72. The molecule has 0 bridgehead atoms. The second-order valence-electron chi connectivity index (χ2n) is 4.02. The van der Waals surface area contributed by atoms with Crippen LogP contribution < -0.4 is 10.6 Å². The molecule has 104 valence electrons. The van der Waals surface area contributed by atoms with Crippen LogP contribution in [-0.2, 0) is 0 Å². The zero-order chi connectivity index (χ0) is 14.7. The molecule has 0 unspecified atom stereocenters. The van der Waals surface area contributed by atoms with Gasteiger partial charge in [0.15, 0.2) is 5.82 Å². The van der Waals surface area contributed by atoms with Crippen molar-refractivity contribution in [3.63, 3.8) is 0 Å². The molecule has 0 saturated carbocycles. The smallest absolute Gasteiger partial charge is 0.293 e. The maximum Gasteiger partial charge on any atom is 0.293 e. The summed E-state index contributed by atoms with van der Waals surface area (Å²) >= 11 is 0. The van der Waals surface area contributed by atoms with Gasteiger partial charge in [-0.2, -0.15) is 0 Å². The maximum atomic E-state index is 12.0. The molecule has 1 amide bonds. The van der Waals surface area contributed by atoms with Crippen LogP contribution in [0.1, 0.15) is 16.1 Å². The van der Waals surface area contributed by atoms with E-state index >= 15 is 0 Å². The first kappa shape index (κ1) is 13.5. The van der Waals surface area contributed by atoms with Crippen LogP contribution in [0.4, 0.5) is 17.2 Å². The Balaban J connectivity index is 2.26. The molecule has 2 aromatic rings. The lowest BCUT2D eigenvalue weighted by atomic mass is 10.1. The molecule has 2 rings (SSSR count). The van der Waals surface area contributed by atoms with E-state index in [-0.39, 0.29) is 17.1 Å². The number of rotatable bonds is 4. The highest BCUT2D eigenvalue weighted by molar-refractivity contribution is 6.04. The molecular formula is C12H12N4O4. The molecule has 20 heavy (non-hydrogen) atoms. The zero-order valence-corrected chi connectivity index (χ0v) is 10.8. The van der Waals surface area contributed by atoms with E-state index in [4.69, 9.17) is 4.52 Å². The summed E-state index contributed by atoms with van der Waals surface area (Å²) in [4.78, 5) is 22.3. The number of carbonyl (C=O) groups is 1. The lowest BCUT2D eigenvalue weighted by Gasteiger charge is -2.05. The number of aromatic nitrogens is 1. The molecule has 0 radical (unpaired) electrons. The predicted octanol–water partition coefficient (Wildman–Crippen LogP) is 2.19. The Labute approximate surface area is 113 Å². The molecule has 8 nitrogen and oxygen atoms in total. The minimum Gasteiger partial charge on any atom is -0.383 e. The minimum absolute atomic E-state index is 0.163. The van der Waals surface area contributed by atoms with Gasteiger partial charge in [-0.25, -0.2) is 0 Å². The van der Waals surface area contributed by atoms with Crippen LogP contribution in [0, 0.1) is 17.0 Å². The van der Waals surface area contributed by atoms with Gasteiger partial charge in [0.05, 0.1) is 4.92 Å². The van der Waals surface area contributed by atoms with Crippen molar-refractivity contribution in [1.29, 1.82) is 0 Å². The lowest BCUT2D eigenvalue weighted by Crippen LogP contribution is -2.12. The largest absolute Gasteiger partial charge is 0.383 e. The van der Waals surface area contributed by atoms with E-state index < -0.39 is 10.8 Å². The fourth-order valence-electron chi connectivity index (χ4n) is 1.65. The van der Waals surface area contributed by atoms with Gasteiger partial charge in [-0.1, -0.05) is 5.16 Å². The Hall–Kier alpha value is -2.90. The monoisotopic (exact) mass is 276 g/mol. The van der Waals surface area contributed by atoms with E-state index in [0.29, 0.717) is 11.4 Å². The van der Waals surface area contributed by atoms with Gasteiger partial charge in [-0.15, -0.1) is 0 Å². The van der Waals surface area contributed by atoms with Gasteiger partial charge in [0.2, 0.25) is 0 Å². The first-order valence-corrected chi connectivity index (χ1v) is 5.72. The van der Waals surface area contributed by atoms with Crippen LogP contribution >= 0.6 is 0 Å². The Morgan fingerprint density at radius 2 is 2.15 bits per heavy atom. The summed E-state index contributed by atoms with van der Waals surface area (Å²) in [5.74, 6) is 0.314. The highest BCUT2D eigenvalue weighted by atomic mass is 16.6. The van der Waals surface area contributed by atoms with Crippen LogP contribution in [0.15, 0.2) is 28.8 Å². The predicted molar refractivity (Wildman–Crippen MR) is 71.8 cm³/mol. The van der Waals surface area contributed by atoms with Crippen LogP contribution in [0.3, 0.4) is 0 Å². The van der Waals surface area contributed by atoms with Crippen LogP contribution in [-0.4, -0.2) is 23.0 Å². The summed E-state index contributed by atoms with van der Waals surface area (Å²) in [5, 5.41) is 19.7. The quantitative estimate of drug-likeness (QED) is 0.654. The molecule has 0 spiro atoms. The summed E-state index contributed by atoms with van der Waals surface area (Å²) in [6.45, 7) is 1.69. The van der Waals surface area contributed by atoms with Crippen molar-refractivity contribution in [3.8, 4) is 0 Å². The third kappa shape index (κ3) is 2.74. The molecule has 0 aliphatic carbocycles. The molecule has 2 N–H and O–H groups in total. The fourth-order valence-corrected chi connectivity index (χ4v) is 1.65. The SMILES string of the molecule is CNc1ccc(C(=O)Nc2cc(C)on2)cc1[N+](=O)[O-]. The number of hydrogen-bond acceptors (Lipinski definition) is 6. The Bertz CT molecular complexity index is 665. The van der Waals surface area contributed by atoms with Crippen molar-refractivity contribution in [2.45, 2.75) is 6.92 Å². The number of nitro groups is 1. The van der Waals surface area contributed by atoms with Crippen molar-refractivity contribution in [2.75, 3.05) is 17.7 Å². The highest BCUT2D eigenvalue weighted by Gasteiger charge is 2.17. The summed E-state index contributed by atoms with van der Waals surface area (Å²) in [5.41, 5.74) is 0.330. The molecule has 8 heteroatoms. The van der Waals surface area contributed by atoms with Crippen molar-refractivity contribution in [3.05, 3.63) is 45.7 Å². The van der Waals surface area contributed by atoms with Crippen molar-refractivity contribution in [1.82, 2.24) is 5.16 Å². The summed E-state index contributed by atoms with van der Waals surface area (Å²) in [6.07, 6.45) is 0. The Morgan fingerprint density at radius 1 is 1.40 bits per heavy atom. The summed E-state index contributed by atoms with van der Waals surface area (Å²) < 4.78 is 4.82. The average molecular weight is 276 g/mol. The van der Waals surface area contributed by atoms with Gasteiger partial charge in [0, 0.05) is 24.7 Å². The van der Waals surface area contributed by atoms with Crippen LogP contribution in [0.25, 0.3) is 0 Å². The van der Waals surface area contributed by atoms with Crippen LogP contribution in [0.5, 0.6) is 0 Å². The van der Waals surface area contributed by atoms with E-state index in [0.717, 1.165) is 0 Å². The standard InChI is InChI=1S/C12H12N4O4/c1-7-5-11(15-20-7)14-12(17)8-3-4-9(13-2)10(6-8)16(18)19/h3-6,13H,1-2H3,(H,14,15,17). The number of amides is 1. The number of nitrogens with one attached hydrogen (secondary N) is 2. The maximum absolute atomic E-state index is 12.0. The molecule has 1 aromatic carbocycles. The molecular weight excluding hydrogens is 264 g/mol. The van der Waals surface area contributed by atoms with E-state index in [1.165, 1.54) is 18.2 Å². The summed E-state index contributed by atoms with van der Waals surface area (Å²) in [6, 6.07) is 5.71. The van der Waals surface area contributed by atoms with E-state index in [2.05, 4.69) is 15.8 Å². The minimum atomic E-state index is -0.553. The number of nitrogens with zero attached hydrogens (tertiary/aromatic N) is 2. The fraction of sp³-hybridized carbons (Fsp3) is 0.167. The Morgan fingerprint density at radius 3 is 2.70 bits per heavy atom. The second kappa shape index (κ2) is 5.39. The zero-order valence-electron chi connectivity index (χ0n) is 10.8. The highest BCUT2D eigenvalue weighted by Crippen LogP contribution is 2.25. The molecule has 1 aromatic heterocycles. The number of benzene rings is 1. The van der Waals surface area contributed by atoms with Gasteiger partial charge in [-0.05, 0) is 19.1 Å². The first-order chi connectivity index (χ1) is 9.51.